The van der Waals surface area contributed by atoms with Crippen molar-refractivity contribution in [3.8, 4) is 0 Å². The lowest BCUT2D eigenvalue weighted by Crippen LogP contribution is -2.26. The lowest BCUT2D eigenvalue weighted by atomic mass is 10.1. The highest BCUT2D eigenvalue weighted by molar-refractivity contribution is 7.89. The summed E-state index contributed by atoms with van der Waals surface area (Å²) in [7, 11) is -1.84. The Kier molecular flexibility index (Phi) is 6.91. The van der Waals surface area contributed by atoms with Gasteiger partial charge in [0.15, 0.2) is 0 Å². The minimum absolute atomic E-state index is 0.312. The Morgan fingerprint density at radius 1 is 1.30 bits per heavy atom. The molecule has 0 atom stereocenters. The van der Waals surface area contributed by atoms with Gasteiger partial charge in [-0.15, -0.1) is 6.58 Å². The van der Waals surface area contributed by atoms with Crippen molar-refractivity contribution in [1.29, 1.82) is 0 Å². The van der Waals surface area contributed by atoms with Crippen LogP contribution in [0.5, 0.6) is 0 Å². The van der Waals surface area contributed by atoms with E-state index < -0.39 is 10.0 Å². The average molecular weight is 296 g/mol. The summed E-state index contributed by atoms with van der Waals surface area (Å²) in [6.45, 7) is 7.92. The third-order valence-electron chi connectivity index (χ3n) is 3.09. The average Bonchev–Trinajstić information content (AvgIpc) is 2.44. The van der Waals surface area contributed by atoms with E-state index in [1.54, 1.807) is 25.3 Å². The van der Waals surface area contributed by atoms with Gasteiger partial charge >= 0.3 is 0 Å². The third-order valence-corrected chi connectivity index (χ3v) is 4.92. The van der Waals surface area contributed by atoms with Gasteiger partial charge in [-0.3, -0.25) is 0 Å². The Morgan fingerprint density at radius 3 is 2.50 bits per heavy atom. The van der Waals surface area contributed by atoms with Gasteiger partial charge in [0.2, 0.25) is 10.0 Å². The zero-order chi connectivity index (χ0) is 15.0. The van der Waals surface area contributed by atoms with E-state index in [0.717, 1.165) is 31.5 Å². The molecule has 0 fully saturated rings. The lowest BCUT2D eigenvalue weighted by Gasteiger charge is -2.15. The summed E-state index contributed by atoms with van der Waals surface area (Å²) in [5.74, 6) is 0. The highest BCUT2D eigenvalue weighted by Gasteiger charge is 2.19. The van der Waals surface area contributed by atoms with Crippen molar-refractivity contribution >= 4 is 10.0 Å². The number of hydrogen-bond acceptors (Lipinski definition) is 3. The van der Waals surface area contributed by atoms with E-state index in [1.807, 2.05) is 12.1 Å². The number of nitrogens with zero attached hydrogens (tertiary/aromatic N) is 1. The van der Waals surface area contributed by atoms with Gasteiger partial charge in [-0.1, -0.05) is 25.1 Å². The first kappa shape index (κ1) is 16.9. The standard InChI is InChI=1S/C15H24N2O2S/c1-4-13-17(3)20(18,19)15-10-8-14(9-11-15)7-6-12-16-5-2/h4,8-11,16H,1,5-7,12-13H2,2-3H3. The molecule has 1 rings (SSSR count). The molecule has 0 bridgehead atoms. The molecule has 0 saturated heterocycles. The van der Waals surface area contributed by atoms with Crippen molar-refractivity contribution in [3.63, 3.8) is 0 Å². The smallest absolute Gasteiger partial charge is 0.243 e. The van der Waals surface area contributed by atoms with Crippen LogP contribution in [0, 0.1) is 0 Å². The molecular formula is C15H24N2O2S. The van der Waals surface area contributed by atoms with Crippen LogP contribution < -0.4 is 5.32 Å². The molecule has 0 aliphatic carbocycles. The number of aryl methyl sites for hydroxylation is 1. The topological polar surface area (TPSA) is 49.4 Å². The van der Waals surface area contributed by atoms with E-state index in [0.29, 0.717) is 11.4 Å². The molecule has 0 aliphatic rings. The second-order valence-corrected chi connectivity index (χ2v) is 6.72. The van der Waals surface area contributed by atoms with Crippen molar-refractivity contribution in [2.45, 2.75) is 24.7 Å². The maximum Gasteiger partial charge on any atom is 0.243 e. The molecule has 0 radical (unpaired) electrons. The largest absolute Gasteiger partial charge is 0.317 e. The van der Waals surface area contributed by atoms with Crippen LogP contribution in [0.2, 0.25) is 0 Å². The third kappa shape index (κ3) is 4.74. The Balaban J connectivity index is 2.68. The first-order chi connectivity index (χ1) is 9.52. The SMILES string of the molecule is C=CCN(C)S(=O)(=O)c1ccc(CCCNCC)cc1. The second-order valence-electron chi connectivity index (χ2n) is 4.68. The van der Waals surface area contributed by atoms with Crippen molar-refractivity contribution in [1.82, 2.24) is 9.62 Å². The van der Waals surface area contributed by atoms with Gasteiger partial charge in [0.1, 0.15) is 0 Å². The highest BCUT2D eigenvalue weighted by Crippen LogP contribution is 2.15. The van der Waals surface area contributed by atoms with Crippen molar-refractivity contribution < 1.29 is 8.42 Å². The molecule has 1 aromatic carbocycles. The van der Waals surface area contributed by atoms with Crippen LogP contribution in [-0.2, 0) is 16.4 Å². The number of rotatable bonds is 9. The normalized spacial score (nSPS) is 11.8. The van der Waals surface area contributed by atoms with Gasteiger partial charge in [-0.05, 0) is 43.6 Å². The molecule has 112 valence electrons. The van der Waals surface area contributed by atoms with Gasteiger partial charge in [-0.25, -0.2) is 8.42 Å². The summed E-state index contributed by atoms with van der Waals surface area (Å²) in [5.41, 5.74) is 1.16. The van der Waals surface area contributed by atoms with E-state index in [-0.39, 0.29) is 0 Å². The molecular weight excluding hydrogens is 272 g/mol. The fourth-order valence-electron chi connectivity index (χ4n) is 1.88. The quantitative estimate of drug-likeness (QED) is 0.560. The van der Waals surface area contributed by atoms with Crippen LogP contribution in [0.4, 0.5) is 0 Å². The fraction of sp³-hybridized carbons (Fsp3) is 0.467. The molecule has 1 aromatic rings. The summed E-state index contributed by atoms with van der Waals surface area (Å²) < 4.78 is 25.7. The van der Waals surface area contributed by atoms with Crippen molar-refractivity contribution in [2.75, 3.05) is 26.7 Å². The Labute approximate surface area is 122 Å². The number of sulfonamides is 1. The molecule has 0 aromatic heterocycles. The van der Waals surface area contributed by atoms with Crippen LogP contribution in [0.15, 0.2) is 41.8 Å². The molecule has 4 nitrogen and oxygen atoms in total. The van der Waals surface area contributed by atoms with Crippen LogP contribution in [0.1, 0.15) is 18.9 Å². The van der Waals surface area contributed by atoms with E-state index in [9.17, 15) is 8.42 Å². The highest BCUT2D eigenvalue weighted by atomic mass is 32.2. The van der Waals surface area contributed by atoms with Gasteiger partial charge < -0.3 is 5.32 Å². The fourth-order valence-corrected chi connectivity index (χ4v) is 3.02. The van der Waals surface area contributed by atoms with Crippen molar-refractivity contribution in [2.24, 2.45) is 0 Å². The molecule has 0 saturated carbocycles. The van der Waals surface area contributed by atoms with Crippen LogP contribution >= 0.6 is 0 Å². The predicted molar refractivity (Wildman–Crippen MR) is 83.3 cm³/mol. The summed E-state index contributed by atoms with van der Waals surface area (Å²) in [6.07, 6.45) is 3.58. The van der Waals surface area contributed by atoms with E-state index >= 15 is 0 Å². The van der Waals surface area contributed by atoms with Crippen molar-refractivity contribution in [3.05, 3.63) is 42.5 Å². The van der Waals surface area contributed by atoms with E-state index in [4.69, 9.17) is 0 Å². The summed E-state index contributed by atoms with van der Waals surface area (Å²) in [6, 6.07) is 7.14. The van der Waals surface area contributed by atoms with Crippen LogP contribution in [0.25, 0.3) is 0 Å². The van der Waals surface area contributed by atoms with Crippen LogP contribution in [0.3, 0.4) is 0 Å². The van der Waals surface area contributed by atoms with Gasteiger partial charge in [-0.2, -0.15) is 4.31 Å². The molecule has 0 heterocycles. The number of benzene rings is 1. The monoisotopic (exact) mass is 296 g/mol. The van der Waals surface area contributed by atoms with Crippen LogP contribution in [-0.4, -0.2) is 39.4 Å². The first-order valence-corrected chi connectivity index (χ1v) is 8.33. The first-order valence-electron chi connectivity index (χ1n) is 6.89. The lowest BCUT2D eigenvalue weighted by molar-refractivity contribution is 0.499. The number of nitrogens with one attached hydrogen (secondary N) is 1. The molecule has 5 heteroatoms. The van der Waals surface area contributed by atoms with Gasteiger partial charge in [0, 0.05) is 13.6 Å². The Morgan fingerprint density at radius 2 is 1.95 bits per heavy atom. The maximum absolute atomic E-state index is 12.2. The molecule has 0 aliphatic heterocycles. The van der Waals surface area contributed by atoms with Gasteiger partial charge in [0.25, 0.3) is 0 Å². The minimum atomic E-state index is -3.40. The van der Waals surface area contributed by atoms with E-state index in [2.05, 4.69) is 18.8 Å². The Bertz CT molecular complexity index is 509. The Hall–Kier alpha value is -1.17. The molecule has 1 N–H and O–H groups in total. The molecule has 20 heavy (non-hydrogen) atoms. The zero-order valence-electron chi connectivity index (χ0n) is 12.3. The number of hydrogen-bond donors (Lipinski definition) is 1. The zero-order valence-corrected chi connectivity index (χ0v) is 13.1. The minimum Gasteiger partial charge on any atom is -0.317 e. The molecule has 0 unspecified atom stereocenters. The summed E-state index contributed by atoms with van der Waals surface area (Å²) >= 11 is 0. The maximum atomic E-state index is 12.2. The second kappa shape index (κ2) is 8.19. The summed E-state index contributed by atoms with van der Waals surface area (Å²) in [5, 5.41) is 3.27. The molecule has 0 spiro atoms. The number of likely N-dealkylation sites (N-methyl/N-ethyl adjacent to an activating group) is 1. The van der Waals surface area contributed by atoms with Gasteiger partial charge in [0.05, 0.1) is 4.90 Å². The van der Waals surface area contributed by atoms with E-state index in [1.165, 1.54) is 4.31 Å². The predicted octanol–water partition coefficient (Wildman–Crippen LogP) is 2.04. The summed E-state index contributed by atoms with van der Waals surface area (Å²) in [4.78, 5) is 0.331. The molecule has 0 amide bonds.